The van der Waals surface area contributed by atoms with E-state index in [-0.39, 0.29) is 5.75 Å². The van der Waals surface area contributed by atoms with Crippen molar-refractivity contribution in [3.8, 4) is 0 Å². The number of nitrogens with zero attached hydrogens (tertiary/aromatic N) is 1. The maximum atomic E-state index is 12.3. The number of para-hydroxylation sites is 1. The average Bonchev–Trinajstić information content (AvgIpc) is 2.35. The Morgan fingerprint density at radius 3 is 2.83 bits per heavy atom. The first kappa shape index (κ1) is 13.4. The van der Waals surface area contributed by atoms with Crippen molar-refractivity contribution in [2.45, 2.75) is 19.8 Å². The van der Waals surface area contributed by atoms with Crippen LogP contribution in [0.25, 0.3) is 0 Å². The molecular formula is C13H20N2O2S. The van der Waals surface area contributed by atoms with Gasteiger partial charge in [-0.05, 0) is 31.0 Å². The van der Waals surface area contributed by atoms with Gasteiger partial charge in [-0.25, -0.2) is 8.42 Å². The zero-order valence-electron chi connectivity index (χ0n) is 10.7. The summed E-state index contributed by atoms with van der Waals surface area (Å²) in [7, 11) is -3.20. The molecule has 0 bridgehead atoms. The second-order valence-electron chi connectivity index (χ2n) is 4.47. The van der Waals surface area contributed by atoms with E-state index in [2.05, 4.69) is 12.2 Å². The molecule has 2 rings (SSSR count). The van der Waals surface area contributed by atoms with Crippen LogP contribution in [-0.2, 0) is 16.4 Å². The van der Waals surface area contributed by atoms with E-state index in [1.165, 1.54) is 0 Å². The summed E-state index contributed by atoms with van der Waals surface area (Å²) in [5.41, 5.74) is 1.94. The Bertz CT molecular complexity index is 499. The van der Waals surface area contributed by atoms with Gasteiger partial charge in [0.2, 0.25) is 10.0 Å². The van der Waals surface area contributed by atoms with Crippen LogP contribution in [-0.4, -0.2) is 33.8 Å². The van der Waals surface area contributed by atoms with Gasteiger partial charge in [0.15, 0.2) is 0 Å². The van der Waals surface area contributed by atoms with Gasteiger partial charge in [-0.3, -0.25) is 4.31 Å². The minimum atomic E-state index is -3.20. The fourth-order valence-electron chi connectivity index (χ4n) is 2.25. The molecule has 1 heterocycles. The predicted octanol–water partition coefficient (Wildman–Crippen LogP) is 1.38. The molecule has 1 fully saturated rings. The number of sulfonamides is 1. The maximum Gasteiger partial charge on any atom is 0.236 e. The van der Waals surface area contributed by atoms with E-state index in [1.807, 2.05) is 24.3 Å². The number of aryl methyl sites for hydroxylation is 1. The van der Waals surface area contributed by atoms with Crippen LogP contribution < -0.4 is 9.62 Å². The molecule has 0 aromatic heterocycles. The zero-order valence-corrected chi connectivity index (χ0v) is 11.5. The van der Waals surface area contributed by atoms with Gasteiger partial charge in [-0.2, -0.15) is 0 Å². The maximum absolute atomic E-state index is 12.3. The van der Waals surface area contributed by atoms with E-state index in [1.54, 1.807) is 4.31 Å². The number of nitrogens with one attached hydrogen (secondary N) is 1. The van der Waals surface area contributed by atoms with Crippen molar-refractivity contribution in [1.82, 2.24) is 5.32 Å². The molecule has 1 aliphatic heterocycles. The minimum Gasteiger partial charge on any atom is -0.316 e. The highest BCUT2D eigenvalue weighted by Crippen LogP contribution is 2.24. The number of hydrogen-bond acceptors (Lipinski definition) is 3. The molecule has 1 N–H and O–H groups in total. The predicted molar refractivity (Wildman–Crippen MR) is 74.4 cm³/mol. The van der Waals surface area contributed by atoms with Gasteiger partial charge < -0.3 is 5.32 Å². The van der Waals surface area contributed by atoms with Crippen LogP contribution in [0.5, 0.6) is 0 Å². The Morgan fingerprint density at radius 1 is 1.28 bits per heavy atom. The van der Waals surface area contributed by atoms with Crippen molar-refractivity contribution in [2.24, 2.45) is 0 Å². The third-order valence-electron chi connectivity index (χ3n) is 3.23. The summed E-state index contributed by atoms with van der Waals surface area (Å²) in [6.07, 6.45) is 1.69. The molecule has 0 spiro atoms. The highest BCUT2D eigenvalue weighted by atomic mass is 32.2. The molecule has 1 aromatic rings. The summed E-state index contributed by atoms with van der Waals surface area (Å²) in [6, 6.07) is 7.77. The molecule has 0 amide bonds. The molecule has 1 aromatic carbocycles. The lowest BCUT2D eigenvalue weighted by molar-refractivity contribution is 0.572. The van der Waals surface area contributed by atoms with Crippen molar-refractivity contribution in [3.63, 3.8) is 0 Å². The Balaban J connectivity index is 2.38. The smallest absolute Gasteiger partial charge is 0.236 e. The quantitative estimate of drug-likeness (QED) is 0.881. The summed E-state index contributed by atoms with van der Waals surface area (Å²) in [5.74, 6) is 0.172. The Hall–Kier alpha value is -1.07. The Kier molecular flexibility index (Phi) is 4.24. The highest BCUT2D eigenvalue weighted by Gasteiger charge is 2.24. The number of rotatable bonds is 2. The van der Waals surface area contributed by atoms with Crippen LogP contribution >= 0.6 is 0 Å². The van der Waals surface area contributed by atoms with E-state index >= 15 is 0 Å². The van der Waals surface area contributed by atoms with Crippen molar-refractivity contribution >= 4 is 15.7 Å². The summed E-state index contributed by atoms with van der Waals surface area (Å²) in [6.45, 7) is 4.02. The summed E-state index contributed by atoms with van der Waals surface area (Å²) < 4.78 is 26.2. The van der Waals surface area contributed by atoms with Gasteiger partial charge in [-0.1, -0.05) is 25.1 Å². The van der Waals surface area contributed by atoms with Crippen molar-refractivity contribution in [2.75, 3.05) is 29.7 Å². The molecule has 1 saturated heterocycles. The van der Waals surface area contributed by atoms with Crippen LogP contribution in [0.1, 0.15) is 18.9 Å². The largest absolute Gasteiger partial charge is 0.316 e. The third-order valence-corrected chi connectivity index (χ3v) is 5.00. The molecule has 18 heavy (non-hydrogen) atoms. The molecule has 0 saturated carbocycles. The normalized spacial score (nSPS) is 20.2. The van der Waals surface area contributed by atoms with Crippen LogP contribution in [0.4, 0.5) is 5.69 Å². The van der Waals surface area contributed by atoms with Crippen LogP contribution in [0, 0.1) is 0 Å². The lowest BCUT2D eigenvalue weighted by atomic mass is 10.1. The number of hydrogen-bond donors (Lipinski definition) is 1. The topological polar surface area (TPSA) is 49.4 Å². The van der Waals surface area contributed by atoms with E-state index in [0.717, 1.165) is 30.6 Å². The minimum absolute atomic E-state index is 0.172. The van der Waals surface area contributed by atoms with Crippen LogP contribution in [0.2, 0.25) is 0 Å². The number of anilines is 1. The molecule has 0 aliphatic carbocycles. The lowest BCUT2D eigenvalue weighted by Gasteiger charge is -2.28. The first-order valence-corrected chi connectivity index (χ1v) is 8.05. The van der Waals surface area contributed by atoms with Gasteiger partial charge in [0.1, 0.15) is 0 Å². The lowest BCUT2D eigenvalue weighted by Crippen LogP contribution is -2.41. The Morgan fingerprint density at radius 2 is 2.06 bits per heavy atom. The first-order chi connectivity index (χ1) is 8.65. The molecule has 0 unspecified atom stereocenters. The second-order valence-corrected chi connectivity index (χ2v) is 6.49. The molecular weight excluding hydrogens is 248 g/mol. The van der Waals surface area contributed by atoms with E-state index in [9.17, 15) is 8.42 Å². The highest BCUT2D eigenvalue weighted by molar-refractivity contribution is 7.92. The second kappa shape index (κ2) is 5.71. The number of benzene rings is 1. The first-order valence-electron chi connectivity index (χ1n) is 6.44. The van der Waals surface area contributed by atoms with E-state index in [0.29, 0.717) is 13.1 Å². The molecule has 5 heteroatoms. The van der Waals surface area contributed by atoms with E-state index in [4.69, 9.17) is 0 Å². The monoisotopic (exact) mass is 268 g/mol. The molecule has 4 nitrogen and oxygen atoms in total. The Labute approximate surface area is 109 Å². The molecule has 1 aliphatic rings. The zero-order chi connectivity index (χ0) is 13.0. The molecule has 100 valence electrons. The third kappa shape index (κ3) is 2.84. The van der Waals surface area contributed by atoms with Gasteiger partial charge in [0, 0.05) is 13.1 Å². The fraction of sp³-hybridized carbons (Fsp3) is 0.538. The standard InChI is InChI=1S/C13H20N2O2S/c1-2-12-6-3-4-7-13(12)15-10-5-8-14-9-11-18(15,16)17/h3-4,6-7,14H,2,5,8-11H2,1H3. The summed E-state index contributed by atoms with van der Waals surface area (Å²) in [5, 5.41) is 3.14. The van der Waals surface area contributed by atoms with Crippen molar-refractivity contribution < 1.29 is 8.42 Å². The van der Waals surface area contributed by atoms with Gasteiger partial charge in [0.25, 0.3) is 0 Å². The van der Waals surface area contributed by atoms with Crippen LogP contribution in [0.3, 0.4) is 0 Å². The van der Waals surface area contributed by atoms with Gasteiger partial charge in [-0.15, -0.1) is 0 Å². The van der Waals surface area contributed by atoms with Crippen molar-refractivity contribution in [1.29, 1.82) is 0 Å². The molecule has 0 atom stereocenters. The SMILES string of the molecule is CCc1ccccc1N1CCCNCCS1(=O)=O. The van der Waals surface area contributed by atoms with E-state index < -0.39 is 10.0 Å². The van der Waals surface area contributed by atoms with Gasteiger partial charge in [0.05, 0.1) is 11.4 Å². The fourth-order valence-corrected chi connectivity index (χ4v) is 3.75. The van der Waals surface area contributed by atoms with Crippen molar-refractivity contribution in [3.05, 3.63) is 29.8 Å². The summed E-state index contributed by atoms with van der Waals surface area (Å²) >= 11 is 0. The van der Waals surface area contributed by atoms with Crippen LogP contribution in [0.15, 0.2) is 24.3 Å². The summed E-state index contributed by atoms with van der Waals surface area (Å²) in [4.78, 5) is 0. The molecule has 0 radical (unpaired) electrons. The average molecular weight is 268 g/mol. The van der Waals surface area contributed by atoms with Gasteiger partial charge >= 0.3 is 0 Å².